The highest BCUT2D eigenvalue weighted by molar-refractivity contribution is 5.72. The van der Waals surface area contributed by atoms with Crippen LogP contribution in [0.2, 0.25) is 0 Å². The lowest BCUT2D eigenvalue weighted by Crippen LogP contribution is -2.17. The number of carbonyl (C=O) groups excluding carboxylic acids is 1. The number of carbonyl (C=O) groups is 1. The van der Waals surface area contributed by atoms with Crippen LogP contribution in [0.15, 0.2) is 0 Å². The van der Waals surface area contributed by atoms with Crippen LogP contribution in [0.1, 0.15) is 72.1 Å². The first-order valence-corrected chi connectivity index (χ1v) is 6.92. The molecule has 0 unspecified atom stereocenters. The molecule has 2 heteroatoms. The normalized spacial score (nSPS) is 12.4. The van der Waals surface area contributed by atoms with Gasteiger partial charge in [-0.15, -0.1) is 0 Å². The summed E-state index contributed by atoms with van der Waals surface area (Å²) in [4.78, 5) is 11.7. The fourth-order valence-corrected chi connectivity index (χ4v) is 1.76. The largest absolute Gasteiger partial charge is 0.465 e. The molecule has 2 nitrogen and oxygen atoms in total. The zero-order valence-electron chi connectivity index (χ0n) is 11.3. The first kappa shape index (κ1) is 15.5. The SMILES string of the molecule is CCCCCCOC(=O)[C@H](CC)CCCC. The molecule has 16 heavy (non-hydrogen) atoms. The highest BCUT2D eigenvalue weighted by Gasteiger charge is 2.16. The predicted molar refractivity (Wildman–Crippen MR) is 68.4 cm³/mol. The Balaban J connectivity index is 3.58. The summed E-state index contributed by atoms with van der Waals surface area (Å²) in [5.74, 6) is 0.151. The van der Waals surface area contributed by atoms with Gasteiger partial charge in [0.15, 0.2) is 0 Å². The molecule has 1 atom stereocenters. The monoisotopic (exact) mass is 228 g/mol. The van der Waals surface area contributed by atoms with E-state index in [9.17, 15) is 4.79 Å². The third-order valence-corrected chi connectivity index (χ3v) is 2.97. The van der Waals surface area contributed by atoms with Gasteiger partial charge < -0.3 is 4.74 Å². The number of unbranched alkanes of at least 4 members (excludes halogenated alkanes) is 4. The molecule has 0 aromatic rings. The van der Waals surface area contributed by atoms with Gasteiger partial charge in [0.25, 0.3) is 0 Å². The highest BCUT2D eigenvalue weighted by atomic mass is 16.5. The second kappa shape index (κ2) is 11.0. The van der Waals surface area contributed by atoms with Gasteiger partial charge in [0.1, 0.15) is 0 Å². The molecule has 0 saturated heterocycles. The van der Waals surface area contributed by atoms with Gasteiger partial charge in [-0.2, -0.15) is 0 Å². The Labute approximate surface area is 101 Å². The second-order valence-corrected chi connectivity index (χ2v) is 4.48. The fourth-order valence-electron chi connectivity index (χ4n) is 1.76. The molecule has 0 spiro atoms. The molecule has 0 aromatic carbocycles. The van der Waals surface area contributed by atoms with Gasteiger partial charge in [-0.1, -0.05) is 52.9 Å². The van der Waals surface area contributed by atoms with Crippen molar-refractivity contribution in [2.75, 3.05) is 6.61 Å². The molecule has 0 heterocycles. The number of esters is 1. The van der Waals surface area contributed by atoms with Crippen LogP contribution in [-0.2, 0) is 9.53 Å². The van der Waals surface area contributed by atoms with Crippen molar-refractivity contribution in [2.45, 2.75) is 72.1 Å². The average molecular weight is 228 g/mol. The first-order chi connectivity index (χ1) is 7.76. The fraction of sp³-hybridized carbons (Fsp3) is 0.929. The molecule has 0 aromatic heterocycles. The number of ether oxygens (including phenoxy) is 1. The van der Waals surface area contributed by atoms with Crippen molar-refractivity contribution in [3.05, 3.63) is 0 Å². The summed E-state index contributed by atoms with van der Waals surface area (Å²) in [7, 11) is 0. The Kier molecular flexibility index (Phi) is 10.6. The molecule has 0 N–H and O–H groups in total. The maximum atomic E-state index is 11.7. The summed E-state index contributed by atoms with van der Waals surface area (Å²) in [5.41, 5.74) is 0. The zero-order valence-corrected chi connectivity index (χ0v) is 11.3. The summed E-state index contributed by atoms with van der Waals surface area (Å²) in [6, 6.07) is 0. The van der Waals surface area contributed by atoms with E-state index in [-0.39, 0.29) is 11.9 Å². The van der Waals surface area contributed by atoms with Crippen LogP contribution in [0.4, 0.5) is 0 Å². The van der Waals surface area contributed by atoms with E-state index in [2.05, 4.69) is 20.8 Å². The molecule has 0 aliphatic heterocycles. The van der Waals surface area contributed by atoms with Crippen LogP contribution in [0.25, 0.3) is 0 Å². The van der Waals surface area contributed by atoms with Crippen LogP contribution in [0.3, 0.4) is 0 Å². The molecule has 0 fully saturated rings. The quantitative estimate of drug-likeness (QED) is 0.411. The molecule has 0 aliphatic carbocycles. The van der Waals surface area contributed by atoms with Crippen LogP contribution in [0, 0.1) is 5.92 Å². The van der Waals surface area contributed by atoms with Crippen molar-refractivity contribution >= 4 is 5.97 Å². The molecule has 0 radical (unpaired) electrons. The van der Waals surface area contributed by atoms with Crippen LogP contribution < -0.4 is 0 Å². The number of hydrogen-bond donors (Lipinski definition) is 0. The van der Waals surface area contributed by atoms with Gasteiger partial charge in [0.05, 0.1) is 12.5 Å². The van der Waals surface area contributed by atoms with E-state index in [1.807, 2.05) is 0 Å². The van der Waals surface area contributed by atoms with E-state index in [0.717, 1.165) is 32.1 Å². The predicted octanol–water partition coefficient (Wildman–Crippen LogP) is 4.33. The maximum Gasteiger partial charge on any atom is 0.308 e. The van der Waals surface area contributed by atoms with Crippen LogP contribution in [0.5, 0.6) is 0 Å². The third-order valence-electron chi connectivity index (χ3n) is 2.97. The lowest BCUT2D eigenvalue weighted by molar-refractivity contribution is -0.149. The highest BCUT2D eigenvalue weighted by Crippen LogP contribution is 2.14. The van der Waals surface area contributed by atoms with Crippen molar-refractivity contribution in [3.63, 3.8) is 0 Å². The molecule has 0 bridgehead atoms. The molecular weight excluding hydrogens is 200 g/mol. The van der Waals surface area contributed by atoms with Crippen molar-refractivity contribution in [2.24, 2.45) is 5.92 Å². The minimum Gasteiger partial charge on any atom is -0.465 e. The molecule has 0 saturated carbocycles. The molecular formula is C14H28O2. The van der Waals surface area contributed by atoms with E-state index in [1.165, 1.54) is 19.3 Å². The zero-order chi connectivity index (χ0) is 12.2. The Morgan fingerprint density at radius 3 is 2.25 bits per heavy atom. The number of hydrogen-bond acceptors (Lipinski definition) is 2. The Morgan fingerprint density at radius 2 is 1.69 bits per heavy atom. The molecule has 0 aliphatic rings. The van der Waals surface area contributed by atoms with E-state index in [1.54, 1.807) is 0 Å². The lowest BCUT2D eigenvalue weighted by Gasteiger charge is -2.13. The lowest BCUT2D eigenvalue weighted by atomic mass is 10.00. The third kappa shape index (κ3) is 7.72. The van der Waals surface area contributed by atoms with Crippen LogP contribution >= 0.6 is 0 Å². The Morgan fingerprint density at radius 1 is 1.00 bits per heavy atom. The van der Waals surface area contributed by atoms with Gasteiger partial charge in [-0.05, 0) is 19.3 Å². The first-order valence-electron chi connectivity index (χ1n) is 6.92. The standard InChI is InChI=1S/C14H28O2/c1-4-7-9-10-12-16-14(15)13(6-3)11-8-5-2/h13H,4-12H2,1-3H3/t13-/m1/s1. The smallest absolute Gasteiger partial charge is 0.308 e. The van der Waals surface area contributed by atoms with Gasteiger partial charge in [0.2, 0.25) is 0 Å². The minimum absolute atomic E-state index is 0.0208. The van der Waals surface area contributed by atoms with E-state index in [0.29, 0.717) is 6.61 Å². The summed E-state index contributed by atoms with van der Waals surface area (Å²) in [6.45, 7) is 7.02. The average Bonchev–Trinajstić information content (AvgIpc) is 2.30. The summed E-state index contributed by atoms with van der Waals surface area (Å²) in [5, 5.41) is 0. The van der Waals surface area contributed by atoms with Gasteiger partial charge in [0, 0.05) is 0 Å². The van der Waals surface area contributed by atoms with E-state index >= 15 is 0 Å². The van der Waals surface area contributed by atoms with Crippen molar-refractivity contribution in [3.8, 4) is 0 Å². The topological polar surface area (TPSA) is 26.3 Å². The van der Waals surface area contributed by atoms with E-state index < -0.39 is 0 Å². The van der Waals surface area contributed by atoms with Crippen molar-refractivity contribution in [1.82, 2.24) is 0 Å². The van der Waals surface area contributed by atoms with Gasteiger partial charge >= 0.3 is 5.97 Å². The molecule has 0 rings (SSSR count). The summed E-state index contributed by atoms with van der Waals surface area (Å²) < 4.78 is 5.30. The maximum absolute atomic E-state index is 11.7. The van der Waals surface area contributed by atoms with Crippen LogP contribution in [-0.4, -0.2) is 12.6 Å². The molecule has 96 valence electrons. The second-order valence-electron chi connectivity index (χ2n) is 4.48. The Bertz CT molecular complexity index is 166. The van der Waals surface area contributed by atoms with Crippen molar-refractivity contribution in [1.29, 1.82) is 0 Å². The van der Waals surface area contributed by atoms with Crippen molar-refractivity contribution < 1.29 is 9.53 Å². The van der Waals surface area contributed by atoms with E-state index in [4.69, 9.17) is 4.74 Å². The van der Waals surface area contributed by atoms with Gasteiger partial charge in [-0.3, -0.25) is 4.79 Å². The Hall–Kier alpha value is -0.530. The summed E-state index contributed by atoms with van der Waals surface area (Å²) in [6.07, 6.45) is 8.84. The summed E-state index contributed by atoms with van der Waals surface area (Å²) >= 11 is 0. The molecule has 0 amide bonds. The minimum atomic E-state index is 0.0208. The number of rotatable bonds is 10. The van der Waals surface area contributed by atoms with Gasteiger partial charge in [-0.25, -0.2) is 0 Å².